The van der Waals surface area contributed by atoms with Crippen molar-refractivity contribution in [2.45, 2.75) is 19.9 Å². The van der Waals surface area contributed by atoms with Gasteiger partial charge < -0.3 is 9.80 Å². The zero-order chi connectivity index (χ0) is 17.1. The molecule has 2 aromatic rings. The van der Waals surface area contributed by atoms with Gasteiger partial charge in [-0.3, -0.25) is 9.78 Å². The second-order valence-electron chi connectivity index (χ2n) is 6.32. The molecular formula is C17H21FN4OS. The van der Waals surface area contributed by atoms with Crippen LogP contribution in [-0.2, 0) is 6.54 Å². The molecule has 1 aliphatic rings. The number of likely N-dealkylation sites (tertiary alicyclic amines) is 1. The molecule has 0 aromatic carbocycles. The van der Waals surface area contributed by atoms with Crippen molar-refractivity contribution < 1.29 is 9.18 Å². The van der Waals surface area contributed by atoms with Crippen molar-refractivity contribution in [1.29, 1.82) is 0 Å². The lowest BCUT2D eigenvalue weighted by molar-refractivity contribution is 0.0779. The highest BCUT2D eigenvalue weighted by Gasteiger charge is 2.29. The molecule has 7 heteroatoms. The van der Waals surface area contributed by atoms with Gasteiger partial charge in [0.1, 0.15) is 0 Å². The number of nitrogens with zero attached hydrogens (tertiary/aromatic N) is 4. The molecule has 128 valence electrons. The molecule has 0 saturated carbocycles. The zero-order valence-electron chi connectivity index (χ0n) is 13.9. The summed E-state index contributed by atoms with van der Waals surface area (Å²) in [5.74, 6) is -0.376. The molecule has 0 spiro atoms. The smallest absolute Gasteiger partial charge is 0.256 e. The van der Waals surface area contributed by atoms with Gasteiger partial charge in [0, 0.05) is 37.3 Å². The maximum absolute atomic E-state index is 13.7. The molecule has 0 radical (unpaired) electrons. The van der Waals surface area contributed by atoms with Crippen molar-refractivity contribution in [3.63, 3.8) is 0 Å². The van der Waals surface area contributed by atoms with Crippen LogP contribution in [0.5, 0.6) is 0 Å². The van der Waals surface area contributed by atoms with Crippen LogP contribution in [0, 0.1) is 18.7 Å². The lowest BCUT2D eigenvalue weighted by Gasteiger charge is -2.21. The summed E-state index contributed by atoms with van der Waals surface area (Å²) in [4.78, 5) is 25.7. The number of thiazole rings is 1. The van der Waals surface area contributed by atoms with Crippen LogP contribution >= 0.6 is 11.3 Å². The third-order valence-electron chi connectivity index (χ3n) is 4.40. The Labute approximate surface area is 145 Å². The molecule has 5 nitrogen and oxygen atoms in total. The van der Waals surface area contributed by atoms with Crippen molar-refractivity contribution in [2.75, 3.05) is 26.7 Å². The van der Waals surface area contributed by atoms with Gasteiger partial charge in [-0.2, -0.15) is 0 Å². The topological polar surface area (TPSA) is 49.3 Å². The van der Waals surface area contributed by atoms with Crippen molar-refractivity contribution in [2.24, 2.45) is 5.92 Å². The van der Waals surface area contributed by atoms with E-state index in [1.807, 2.05) is 12.4 Å². The number of amides is 1. The van der Waals surface area contributed by atoms with Gasteiger partial charge in [-0.05, 0) is 32.4 Å². The summed E-state index contributed by atoms with van der Waals surface area (Å²) in [6.45, 7) is 5.17. The predicted molar refractivity (Wildman–Crippen MR) is 91.4 cm³/mol. The van der Waals surface area contributed by atoms with E-state index in [1.165, 1.54) is 17.1 Å². The fraction of sp³-hybridized carbons (Fsp3) is 0.471. The van der Waals surface area contributed by atoms with E-state index >= 15 is 0 Å². The first kappa shape index (κ1) is 17.0. The molecule has 0 N–H and O–H groups in total. The molecule has 2 aromatic heterocycles. The molecule has 0 aliphatic carbocycles. The molecule has 0 bridgehead atoms. The standard InChI is InChI=1S/C17H21FN4OS/c1-12-16(24-11-20-12)10-21(2)8-13-4-6-22(9-13)17(23)14-3-5-19-7-15(14)18/h3,5,7,11,13H,4,6,8-10H2,1-2H3/t13-/m0/s1. The number of halogens is 1. The summed E-state index contributed by atoms with van der Waals surface area (Å²) in [5, 5.41) is 0. The minimum atomic E-state index is -0.552. The second kappa shape index (κ2) is 7.36. The van der Waals surface area contributed by atoms with E-state index in [4.69, 9.17) is 0 Å². The second-order valence-corrected chi connectivity index (χ2v) is 7.26. The fourth-order valence-electron chi connectivity index (χ4n) is 3.11. The number of aromatic nitrogens is 2. The number of aryl methyl sites for hydroxylation is 1. The minimum absolute atomic E-state index is 0.110. The first-order valence-corrected chi connectivity index (χ1v) is 8.89. The molecule has 1 fully saturated rings. The average Bonchev–Trinajstić information content (AvgIpc) is 3.17. The van der Waals surface area contributed by atoms with Crippen LogP contribution in [0.4, 0.5) is 4.39 Å². The highest BCUT2D eigenvalue weighted by atomic mass is 32.1. The van der Waals surface area contributed by atoms with Gasteiger partial charge in [-0.25, -0.2) is 9.37 Å². The highest BCUT2D eigenvalue weighted by Crippen LogP contribution is 2.22. The predicted octanol–water partition coefficient (Wildman–Crippen LogP) is 2.58. The van der Waals surface area contributed by atoms with Gasteiger partial charge >= 0.3 is 0 Å². The van der Waals surface area contributed by atoms with Gasteiger partial charge in [0.05, 0.1) is 23.0 Å². The Morgan fingerprint density at radius 2 is 2.38 bits per heavy atom. The van der Waals surface area contributed by atoms with E-state index in [0.29, 0.717) is 19.0 Å². The third kappa shape index (κ3) is 3.79. The maximum Gasteiger partial charge on any atom is 0.256 e. The Bertz CT molecular complexity index is 720. The average molecular weight is 348 g/mol. The van der Waals surface area contributed by atoms with Crippen LogP contribution in [0.25, 0.3) is 0 Å². The van der Waals surface area contributed by atoms with Gasteiger partial charge in [-0.1, -0.05) is 0 Å². The Balaban J connectivity index is 1.54. The molecule has 3 heterocycles. The van der Waals surface area contributed by atoms with Crippen LogP contribution < -0.4 is 0 Å². The fourth-order valence-corrected chi connectivity index (χ4v) is 3.97. The van der Waals surface area contributed by atoms with E-state index in [0.717, 1.165) is 31.4 Å². The summed E-state index contributed by atoms with van der Waals surface area (Å²) in [7, 11) is 2.09. The number of carbonyl (C=O) groups is 1. The van der Waals surface area contributed by atoms with Crippen LogP contribution in [0.2, 0.25) is 0 Å². The molecular weight excluding hydrogens is 327 g/mol. The summed E-state index contributed by atoms with van der Waals surface area (Å²) < 4.78 is 13.7. The molecule has 3 rings (SSSR count). The molecule has 1 atom stereocenters. The van der Waals surface area contributed by atoms with Crippen molar-refractivity contribution in [3.8, 4) is 0 Å². The van der Waals surface area contributed by atoms with Gasteiger partial charge in [0.25, 0.3) is 5.91 Å². The molecule has 1 aliphatic heterocycles. The normalized spacial score (nSPS) is 17.7. The highest BCUT2D eigenvalue weighted by molar-refractivity contribution is 7.09. The van der Waals surface area contributed by atoms with E-state index in [-0.39, 0.29) is 11.5 Å². The maximum atomic E-state index is 13.7. The van der Waals surface area contributed by atoms with Crippen molar-refractivity contribution >= 4 is 17.2 Å². The Hall–Kier alpha value is -1.86. The molecule has 1 saturated heterocycles. The Morgan fingerprint density at radius 3 is 3.08 bits per heavy atom. The third-order valence-corrected chi connectivity index (χ3v) is 5.32. The SMILES string of the molecule is Cc1ncsc1CN(C)C[C@@H]1CCN(C(=O)c2ccncc2F)C1. The van der Waals surface area contributed by atoms with Crippen LogP contribution in [0.15, 0.2) is 24.0 Å². The molecule has 0 unspecified atom stereocenters. The van der Waals surface area contributed by atoms with Crippen molar-refractivity contribution in [1.82, 2.24) is 19.8 Å². The number of hydrogen-bond donors (Lipinski definition) is 0. The van der Waals surface area contributed by atoms with E-state index in [9.17, 15) is 9.18 Å². The van der Waals surface area contributed by atoms with Crippen molar-refractivity contribution in [3.05, 3.63) is 45.9 Å². The molecule has 1 amide bonds. The summed E-state index contributed by atoms with van der Waals surface area (Å²) in [6, 6.07) is 1.45. The lowest BCUT2D eigenvalue weighted by atomic mass is 10.1. The van der Waals surface area contributed by atoms with Crippen LogP contribution in [0.3, 0.4) is 0 Å². The summed E-state index contributed by atoms with van der Waals surface area (Å²) >= 11 is 1.68. The van der Waals surface area contributed by atoms with Crippen LogP contribution in [0.1, 0.15) is 27.3 Å². The van der Waals surface area contributed by atoms with Gasteiger partial charge in [0.2, 0.25) is 0 Å². The van der Waals surface area contributed by atoms with Gasteiger partial charge in [0.15, 0.2) is 5.82 Å². The number of pyridine rings is 1. The number of rotatable bonds is 5. The van der Waals surface area contributed by atoms with E-state index < -0.39 is 5.82 Å². The minimum Gasteiger partial charge on any atom is -0.338 e. The Morgan fingerprint density at radius 1 is 1.54 bits per heavy atom. The van der Waals surface area contributed by atoms with E-state index in [1.54, 1.807) is 16.2 Å². The summed E-state index contributed by atoms with van der Waals surface area (Å²) in [6.07, 6.45) is 3.49. The van der Waals surface area contributed by atoms with Crippen LogP contribution in [-0.4, -0.2) is 52.4 Å². The first-order chi connectivity index (χ1) is 11.5. The van der Waals surface area contributed by atoms with Gasteiger partial charge in [-0.15, -0.1) is 11.3 Å². The first-order valence-electron chi connectivity index (χ1n) is 8.01. The largest absolute Gasteiger partial charge is 0.338 e. The Kier molecular flexibility index (Phi) is 5.20. The number of hydrogen-bond acceptors (Lipinski definition) is 5. The van der Waals surface area contributed by atoms with E-state index in [2.05, 4.69) is 21.9 Å². The quantitative estimate of drug-likeness (QED) is 0.833. The molecule has 24 heavy (non-hydrogen) atoms. The lowest BCUT2D eigenvalue weighted by Crippen LogP contribution is -2.32. The number of carbonyl (C=O) groups excluding carboxylic acids is 1. The zero-order valence-corrected chi connectivity index (χ0v) is 14.7. The summed E-state index contributed by atoms with van der Waals surface area (Å²) in [5.41, 5.74) is 3.07. The monoisotopic (exact) mass is 348 g/mol.